The maximum Gasteiger partial charge on any atom is 0.221 e. The number of rotatable bonds is 6. The highest BCUT2D eigenvalue weighted by Crippen LogP contribution is 2.28. The average Bonchev–Trinajstić information content (AvgIpc) is 3.08. The van der Waals surface area contributed by atoms with Gasteiger partial charge in [0.1, 0.15) is 0 Å². The maximum atomic E-state index is 12.7. The average molecular weight is 350 g/mol. The van der Waals surface area contributed by atoms with E-state index in [1.54, 1.807) is 11.3 Å². The quantitative estimate of drug-likeness (QED) is 0.690. The molecule has 1 amide bonds. The molecule has 0 aliphatic heterocycles. The van der Waals surface area contributed by atoms with E-state index in [-0.39, 0.29) is 17.9 Å². The Bertz CT molecular complexity index is 775. The second-order valence-corrected chi connectivity index (χ2v) is 7.22. The van der Waals surface area contributed by atoms with E-state index >= 15 is 0 Å². The highest BCUT2D eigenvalue weighted by atomic mass is 32.1. The van der Waals surface area contributed by atoms with Gasteiger partial charge in [-0.1, -0.05) is 60.7 Å². The molecule has 0 radical (unpaired) electrons. The van der Waals surface area contributed by atoms with Crippen LogP contribution >= 0.6 is 11.3 Å². The molecule has 3 rings (SSSR count). The summed E-state index contributed by atoms with van der Waals surface area (Å²) in [6.07, 6.45) is 0.418. The molecule has 3 aromatic rings. The molecule has 0 bridgehead atoms. The Morgan fingerprint density at radius 1 is 1.04 bits per heavy atom. The molecule has 0 saturated carbocycles. The summed E-state index contributed by atoms with van der Waals surface area (Å²) in [5.74, 6) is 0.0858. The number of benzene rings is 2. The number of hydrogen-bond donors (Lipinski definition) is 1. The van der Waals surface area contributed by atoms with Gasteiger partial charge in [0, 0.05) is 17.7 Å². The summed E-state index contributed by atoms with van der Waals surface area (Å²) >= 11 is 1.61. The Hall–Kier alpha value is -2.46. The fraction of sp³-hybridized carbons (Fsp3) is 0.238. The van der Waals surface area contributed by atoms with Gasteiger partial charge in [-0.05, 0) is 25.0 Å². The van der Waals surface area contributed by atoms with Crippen LogP contribution in [0.4, 0.5) is 0 Å². The minimum absolute atomic E-state index is 0.0378. The summed E-state index contributed by atoms with van der Waals surface area (Å²) < 4.78 is 0. The van der Waals surface area contributed by atoms with Gasteiger partial charge in [-0.15, -0.1) is 11.3 Å². The van der Waals surface area contributed by atoms with Gasteiger partial charge >= 0.3 is 0 Å². The lowest BCUT2D eigenvalue weighted by atomic mass is 9.88. The van der Waals surface area contributed by atoms with Crippen LogP contribution in [0.25, 0.3) is 0 Å². The first-order valence-electron chi connectivity index (χ1n) is 8.45. The van der Waals surface area contributed by atoms with Crippen LogP contribution in [0.1, 0.15) is 47.1 Å². The van der Waals surface area contributed by atoms with Crippen molar-refractivity contribution < 1.29 is 4.79 Å². The SMILES string of the molecule is Cc1nc(C(C)NC(=O)CC(c2ccccc2)c2ccccc2)cs1. The molecule has 1 N–H and O–H groups in total. The Balaban J connectivity index is 1.75. The van der Waals surface area contributed by atoms with Crippen molar-refractivity contribution in [3.63, 3.8) is 0 Å². The summed E-state index contributed by atoms with van der Waals surface area (Å²) in [5.41, 5.74) is 3.23. The predicted octanol–water partition coefficient (Wildman–Crippen LogP) is 4.85. The van der Waals surface area contributed by atoms with Crippen LogP contribution in [0.15, 0.2) is 66.0 Å². The van der Waals surface area contributed by atoms with Crippen LogP contribution in [0.5, 0.6) is 0 Å². The van der Waals surface area contributed by atoms with E-state index in [4.69, 9.17) is 0 Å². The van der Waals surface area contributed by atoms with Crippen molar-refractivity contribution in [2.24, 2.45) is 0 Å². The van der Waals surface area contributed by atoms with Gasteiger partial charge in [0.25, 0.3) is 0 Å². The number of carbonyl (C=O) groups excluding carboxylic acids is 1. The van der Waals surface area contributed by atoms with E-state index in [2.05, 4.69) is 34.6 Å². The molecule has 128 valence electrons. The van der Waals surface area contributed by atoms with Crippen molar-refractivity contribution in [3.05, 3.63) is 87.9 Å². The largest absolute Gasteiger partial charge is 0.348 e. The zero-order valence-corrected chi connectivity index (χ0v) is 15.3. The number of aromatic nitrogens is 1. The van der Waals surface area contributed by atoms with E-state index in [1.807, 2.05) is 55.6 Å². The first kappa shape index (κ1) is 17.4. The monoisotopic (exact) mass is 350 g/mol. The molecule has 1 heterocycles. The first-order valence-corrected chi connectivity index (χ1v) is 9.32. The van der Waals surface area contributed by atoms with Crippen molar-refractivity contribution in [1.29, 1.82) is 0 Å². The smallest absolute Gasteiger partial charge is 0.221 e. The van der Waals surface area contributed by atoms with Crippen molar-refractivity contribution in [2.45, 2.75) is 32.2 Å². The zero-order chi connectivity index (χ0) is 17.6. The van der Waals surface area contributed by atoms with Crippen LogP contribution in [0.2, 0.25) is 0 Å². The van der Waals surface area contributed by atoms with Gasteiger partial charge in [0.2, 0.25) is 5.91 Å². The number of carbonyl (C=O) groups is 1. The Morgan fingerprint density at radius 2 is 1.60 bits per heavy atom. The normalized spacial score (nSPS) is 12.1. The van der Waals surface area contributed by atoms with Crippen molar-refractivity contribution in [2.75, 3.05) is 0 Å². The van der Waals surface area contributed by atoms with Gasteiger partial charge in [-0.2, -0.15) is 0 Å². The molecular weight excluding hydrogens is 328 g/mol. The molecule has 0 aliphatic rings. The lowest BCUT2D eigenvalue weighted by Gasteiger charge is -2.19. The summed E-state index contributed by atoms with van der Waals surface area (Å²) in [7, 11) is 0. The molecule has 1 unspecified atom stereocenters. The maximum absolute atomic E-state index is 12.7. The van der Waals surface area contributed by atoms with Crippen molar-refractivity contribution >= 4 is 17.2 Å². The number of thiazole rings is 1. The number of hydrogen-bond acceptors (Lipinski definition) is 3. The summed E-state index contributed by atoms with van der Waals surface area (Å²) in [5, 5.41) is 6.11. The van der Waals surface area contributed by atoms with E-state index in [9.17, 15) is 4.79 Å². The highest BCUT2D eigenvalue weighted by molar-refractivity contribution is 7.09. The van der Waals surface area contributed by atoms with Gasteiger partial charge < -0.3 is 5.32 Å². The van der Waals surface area contributed by atoms with Gasteiger partial charge in [0.05, 0.1) is 16.7 Å². The van der Waals surface area contributed by atoms with Crippen molar-refractivity contribution in [1.82, 2.24) is 10.3 Å². The number of aryl methyl sites for hydroxylation is 1. The van der Waals surface area contributed by atoms with Crippen LogP contribution in [-0.2, 0) is 4.79 Å². The fourth-order valence-corrected chi connectivity index (χ4v) is 3.64. The van der Waals surface area contributed by atoms with Gasteiger partial charge in [-0.3, -0.25) is 4.79 Å². The minimum Gasteiger partial charge on any atom is -0.348 e. The van der Waals surface area contributed by atoms with Crippen LogP contribution in [-0.4, -0.2) is 10.9 Å². The topological polar surface area (TPSA) is 42.0 Å². The van der Waals surface area contributed by atoms with Crippen LogP contribution < -0.4 is 5.32 Å². The molecule has 2 aromatic carbocycles. The third-order valence-electron chi connectivity index (χ3n) is 4.25. The Labute approximate surface area is 152 Å². The van der Waals surface area contributed by atoms with E-state index < -0.39 is 0 Å². The lowest BCUT2D eigenvalue weighted by molar-refractivity contribution is -0.122. The second-order valence-electron chi connectivity index (χ2n) is 6.16. The Kier molecular flexibility index (Phi) is 5.61. The number of nitrogens with one attached hydrogen (secondary N) is 1. The first-order chi connectivity index (χ1) is 12.1. The number of nitrogens with zero attached hydrogens (tertiary/aromatic N) is 1. The Morgan fingerprint density at radius 3 is 2.08 bits per heavy atom. The summed E-state index contributed by atoms with van der Waals surface area (Å²) in [6.45, 7) is 3.95. The van der Waals surface area contributed by atoms with Crippen molar-refractivity contribution in [3.8, 4) is 0 Å². The highest BCUT2D eigenvalue weighted by Gasteiger charge is 2.20. The standard InChI is InChI=1S/C21H22N2OS/c1-15(20-14-25-16(2)23-20)22-21(24)13-19(17-9-5-3-6-10-17)18-11-7-4-8-12-18/h3-12,14-15,19H,13H2,1-2H3,(H,22,24). The molecular formula is C21H22N2OS. The second kappa shape index (κ2) is 8.08. The minimum atomic E-state index is -0.0790. The van der Waals surface area contributed by atoms with E-state index in [0.717, 1.165) is 21.8 Å². The third-order valence-corrected chi connectivity index (χ3v) is 5.04. The summed E-state index contributed by atoms with van der Waals surface area (Å²) in [4.78, 5) is 17.1. The van der Waals surface area contributed by atoms with Crippen LogP contribution in [0.3, 0.4) is 0 Å². The van der Waals surface area contributed by atoms with E-state index in [0.29, 0.717) is 6.42 Å². The molecule has 0 spiro atoms. The molecule has 0 fully saturated rings. The molecule has 1 aromatic heterocycles. The van der Waals surface area contributed by atoms with Gasteiger partial charge in [-0.25, -0.2) is 4.98 Å². The molecule has 1 atom stereocenters. The lowest BCUT2D eigenvalue weighted by Crippen LogP contribution is -2.28. The molecule has 0 saturated heterocycles. The zero-order valence-electron chi connectivity index (χ0n) is 14.5. The third kappa shape index (κ3) is 4.54. The summed E-state index contributed by atoms with van der Waals surface area (Å²) in [6, 6.07) is 20.3. The number of amides is 1. The molecule has 4 heteroatoms. The van der Waals surface area contributed by atoms with E-state index in [1.165, 1.54) is 0 Å². The fourth-order valence-electron chi connectivity index (χ4n) is 2.94. The van der Waals surface area contributed by atoms with Crippen LogP contribution in [0, 0.1) is 6.92 Å². The van der Waals surface area contributed by atoms with Gasteiger partial charge in [0.15, 0.2) is 0 Å². The molecule has 0 aliphatic carbocycles. The predicted molar refractivity (Wildman–Crippen MR) is 103 cm³/mol. The molecule has 3 nitrogen and oxygen atoms in total. The molecule has 25 heavy (non-hydrogen) atoms.